The number of carbonyl (C=O) groups excluding carboxylic acids is 1. The summed E-state index contributed by atoms with van der Waals surface area (Å²) >= 11 is 0. The number of rotatable bonds is 13. The Morgan fingerprint density at radius 3 is 2.08 bits per heavy atom. The number of hydrogen-bond acceptors (Lipinski definition) is 2. The van der Waals surface area contributed by atoms with Crippen LogP contribution in [0.15, 0.2) is 29.8 Å². The average Bonchev–Trinajstić information content (AvgIpc) is 2.61. The molecule has 0 spiro atoms. The van der Waals surface area contributed by atoms with E-state index in [4.69, 9.17) is 4.74 Å². The maximum atomic E-state index is 11.0. The molecular formula is C24H38O2. The normalized spacial score (nSPS) is 11.8. The maximum Gasteiger partial charge on any atom is 0.302 e. The lowest BCUT2D eigenvalue weighted by molar-refractivity contribution is -0.140. The zero-order valence-corrected chi connectivity index (χ0v) is 17.4. The lowest BCUT2D eigenvalue weighted by Gasteiger charge is -2.12. The standard InChI is InChI=1S/C24H38O2/c1-5-6-7-8-9-10-11-12-13-22-14-16-23(17-15-22)18-24(20(2)3)19-26-21(4)25/h14-18,20H,5-13,19H2,1-4H3. The summed E-state index contributed by atoms with van der Waals surface area (Å²) in [6, 6.07) is 8.82. The Hall–Kier alpha value is -1.57. The van der Waals surface area contributed by atoms with Crippen LogP contribution in [0.1, 0.15) is 90.2 Å². The quantitative estimate of drug-likeness (QED) is 0.281. The molecule has 0 aliphatic carbocycles. The fourth-order valence-electron chi connectivity index (χ4n) is 3.02. The monoisotopic (exact) mass is 358 g/mol. The van der Waals surface area contributed by atoms with E-state index < -0.39 is 0 Å². The minimum Gasteiger partial charge on any atom is -0.461 e. The van der Waals surface area contributed by atoms with Gasteiger partial charge >= 0.3 is 5.97 Å². The summed E-state index contributed by atoms with van der Waals surface area (Å²) in [5, 5.41) is 0. The second-order valence-electron chi connectivity index (χ2n) is 7.62. The minimum atomic E-state index is -0.225. The zero-order valence-electron chi connectivity index (χ0n) is 17.4. The van der Waals surface area contributed by atoms with Crippen LogP contribution in [0.4, 0.5) is 0 Å². The van der Waals surface area contributed by atoms with E-state index in [-0.39, 0.29) is 5.97 Å². The van der Waals surface area contributed by atoms with Gasteiger partial charge in [0.2, 0.25) is 0 Å². The Morgan fingerprint density at radius 1 is 0.962 bits per heavy atom. The first kappa shape index (κ1) is 22.5. The number of ether oxygens (including phenoxy) is 1. The minimum absolute atomic E-state index is 0.225. The van der Waals surface area contributed by atoms with Crippen molar-refractivity contribution in [3.63, 3.8) is 0 Å². The highest BCUT2D eigenvalue weighted by Crippen LogP contribution is 2.17. The molecule has 0 atom stereocenters. The first-order valence-corrected chi connectivity index (χ1v) is 10.5. The third-order valence-corrected chi connectivity index (χ3v) is 4.83. The molecule has 1 aromatic rings. The molecule has 0 aliphatic rings. The number of aryl methyl sites for hydroxylation is 1. The van der Waals surface area contributed by atoms with Gasteiger partial charge in [-0.05, 0) is 35.5 Å². The summed E-state index contributed by atoms with van der Waals surface area (Å²) in [7, 11) is 0. The van der Waals surface area contributed by atoms with Gasteiger partial charge in [0.1, 0.15) is 6.61 Å². The van der Waals surface area contributed by atoms with E-state index >= 15 is 0 Å². The number of benzene rings is 1. The van der Waals surface area contributed by atoms with E-state index in [0.717, 1.165) is 5.57 Å². The summed E-state index contributed by atoms with van der Waals surface area (Å²) in [5.74, 6) is 0.142. The molecular weight excluding hydrogens is 320 g/mol. The largest absolute Gasteiger partial charge is 0.461 e. The number of hydrogen-bond donors (Lipinski definition) is 0. The molecule has 1 aromatic carbocycles. The number of carbonyl (C=O) groups is 1. The fourth-order valence-corrected chi connectivity index (χ4v) is 3.02. The third kappa shape index (κ3) is 10.4. The highest BCUT2D eigenvalue weighted by molar-refractivity contribution is 5.66. The van der Waals surface area contributed by atoms with Crippen molar-refractivity contribution in [2.24, 2.45) is 5.92 Å². The first-order chi connectivity index (χ1) is 12.5. The predicted octanol–water partition coefficient (Wildman–Crippen LogP) is 6.97. The van der Waals surface area contributed by atoms with Gasteiger partial charge in [-0.15, -0.1) is 0 Å². The number of esters is 1. The molecule has 0 amide bonds. The maximum absolute atomic E-state index is 11.0. The van der Waals surface area contributed by atoms with Crippen molar-refractivity contribution in [3.8, 4) is 0 Å². The summed E-state index contributed by atoms with van der Waals surface area (Å²) in [6.07, 6.45) is 14.2. The van der Waals surface area contributed by atoms with Gasteiger partial charge in [-0.25, -0.2) is 0 Å². The van der Waals surface area contributed by atoms with Crippen LogP contribution in [-0.4, -0.2) is 12.6 Å². The van der Waals surface area contributed by atoms with Crippen molar-refractivity contribution in [2.75, 3.05) is 6.61 Å². The van der Waals surface area contributed by atoms with Crippen LogP contribution < -0.4 is 0 Å². The summed E-state index contributed by atoms with van der Waals surface area (Å²) < 4.78 is 5.16. The van der Waals surface area contributed by atoms with Gasteiger partial charge < -0.3 is 4.74 Å². The van der Waals surface area contributed by atoms with Crippen LogP contribution in [0.5, 0.6) is 0 Å². The highest BCUT2D eigenvalue weighted by atomic mass is 16.5. The Morgan fingerprint density at radius 2 is 1.54 bits per heavy atom. The molecule has 0 bridgehead atoms. The molecule has 0 N–H and O–H groups in total. The summed E-state index contributed by atoms with van der Waals surface area (Å²) in [5.41, 5.74) is 3.75. The van der Waals surface area contributed by atoms with Gasteiger partial charge in [0, 0.05) is 6.92 Å². The van der Waals surface area contributed by atoms with Crippen molar-refractivity contribution in [1.29, 1.82) is 0 Å². The summed E-state index contributed by atoms with van der Waals surface area (Å²) in [4.78, 5) is 11.0. The molecule has 0 saturated carbocycles. The van der Waals surface area contributed by atoms with E-state index in [0.29, 0.717) is 12.5 Å². The van der Waals surface area contributed by atoms with E-state index in [9.17, 15) is 4.79 Å². The van der Waals surface area contributed by atoms with E-state index in [2.05, 4.69) is 51.1 Å². The summed E-state index contributed by atoms with van der Waals surface area (Å²) in [6.45, 7) is 8.37. The van der Waals surface area contributed by atoms with Crippen molar-refractivity contribution in [2.45, 2.75) is 85.5 Å². The molecule has 0 radical (unpaired) electrons. The number of unbranched alkanes of at least 4 members (excludes halogenated alkanes) is 7. The molecule has 26 heavy (non-hydrogen) atoms. The Bertz CT molecular complexity index is 526. The molecule has 0 aliphatic heterocycles. The predicted molar refractivity (Wildman–Crippen MR) is 112 cm³/mol. The molecule has 1 rings (SSSR count). The average molecular weight is 359 g/mol. The molecule has 2 heteroatoms. The van der Waals surface area contributed by atoms with Crippen LogP contribution in [0.3, 0.4) is 0 Å². The van der Waals surface area contributed by atoms with Gasteiger partial charge in [0.05, 0.1) is 0 Å². The van der Waals surface area contributed by atoms with Crippen LogP contribution in [0.2, 0.25) is 0 Å². The second kappa shape index (κ2) is 13.6. The van der Waals surface area contributed by atoms with Crippen molar-refractivity contribution in [3.05, 3.63) is 41.0 Å². The molecule has 2 nitrogen and oxygen atoms in total. The van der Waals surface area contributed by atoms with Crippen LogP contribution in [0, 0.1) is 5.92 Å². The zero-order chi connectivity index (χ0) is 19.2. The molecule has 0 aromatic heterocycles. The smallest absolute Gasteiger partial charge is 0.302 e. The third-order valence-electron chi connectivity index (χ3n) is 4.83. The highest BCUT2D eigenvalue weighted by Gasteiger charge is 2.06. The molecule has 146 valence electrons. The van der Waals surface area contributed by atoms with Gasteiger partial charge in [0.15, 0.2) is 0 Å². The van der Waals surface area contributed by atoms with Crippen molar-refractivity contribution < 1.29 is 9.53 Å². The topological polar surface area (TPSA) is 26.3 Å². The van der Waals surface area contributed by atoms with Crippen LogP contribution >= 0.6 is 0 Å². The van der Waals surface area contributed by atoms with Crippen molar-refractivity contribution >= 4 is 12.0 Å². The van der Waals surface area contributed by atoms with Gasteiger partial charge in [-0.2, -0.15) is 0 Å². The Balaban J connectivity index is 2.37. The van der Waals surface area contributed by atoms with Gasteiger partial charge in [-0.1, -0.05) is 96.1 Å². The molecule has 0 heterocycles. The second-order valence-corrected chi connectivity index (χ2v) is 7.62. The van der Waals surface area contributed by atoms with E-state index in [1.165, 1.54) is 75.8 Å². The van der Waals surface area contributed by atoms with Crippen molar-refractivity contribution in [1.82, 2.24) is 0 Å². The SMILES string of the molecule is CCCCCCCCCCc1ccc(C=C(COC(C)=O)C(C)C)cc1. The Kier molecular flexibility index (Phi) is 11.8. The lowest BCUT2D eigenvalue weighted by Crippen LogP contribution is -2.07. The van der Waals surface area contributed by atoms with E-state index in [1.54, 1.807) is 0 Å². The van der Waals surface area contributed by atoms with Crippen LogP contribution in [-0.2, 0) is 16.0 Å². The fraction of sp³-hybridized carbons (Fsp3) is 0.625. The molecule has 0 fully saturated rings. The van der Waals surface area contributed by atoms with Crippen LogP contribution in [0.25, 0.3) is 6.08 Å². The van der Waals surface area contributed by atoms with Gasteiger partial charge in [0.25, 0.3) is 0 Å². The Labute approximate surface area is 161 Å². The molecule has 0 saturated heterocycles. The van der Waals surface area contributed by atoms with E-state index in [1.807, 2.05) is 0 Å². The lowest BCUT2D eigenvalue weighted by atomic mass is 9.99. The van der Waals surface area contributed by atoms with Gasteiger partial charge in [-0.3, -0.25) is 4.79 Å². The molecule has 0 unspecified atom stereocenters. The first-order valence-electron chi connectivity index (χ1n) is 10.5.